The molecule has 0 saturated heterocycles. The van der Waals surface area contributed by atoms with E-state index in [-0.39, 0.29) is 5.54 Å². The molecule has 2 atom stereocenters. The Morgan fingerprint density at radius 2 is 2.05 bits per heavy atom. The van der Waals surface area contributed by atoms with Crippen LogP contribution in [0.3, 0.4) is 0 Å². The topological polar surface area (TPSA) is 33.1 Å². The first kappa shape index (κ1) is 16.2. The summed E-state index contributed by atoms with van der Waals surface area (Å²) in [7, 11) is 6.28. The van der Waals surface area contributed by atoms with Crippen molar-refractivity contribution in [1.29, 1.82) is 0 Å². The highest BCUT2D eigenvalue weighted by Gasteiger charge is 2.31. The van der Waals surface area contributed by atoms with Crippen molar-refractivity contribution in [3.8, 4) is 0 Å². The Morgan fingerprint density at radius 3 is 2.53 bits per heavy atom. The van der Waals surface area contributed by atoms with E-state index in [0.717, 1.165) is 18.5 Å². The number of nitrogens with one attached hydrogen (secondary N) is 1. The van der Waals surface area contributed by atoms with Gasteiger partial charge in [-0.05, 0) is 54.4 Å². The number of rotatable bonds is 7. The lowest BCUT2D eigenvalue weighted by Gasteiger charge is -2.40. The van der Waals surface area contributed by atoms with E-state index in [1.807, 2.05) is 7.05 Å². The van der Waals surface area contributed by atoms with Crippen molar-refractivity contribution >= 4 is 0 Å². The van der Waals surface area contributed by atoms with Crippen LogP contribution in [0.15, 0.2) is 12.3 Å². The second-order valence-corrected chi connectivity index (χ2v) is 6.14. The number of likely N-dealkylation sites (N-methyl/N-ethyl adjacent to an activating group) is 2. The molecular weight excluding hydrogens is 236 g/mol. The standard InChI is InChI=1S/C15H30N4/c1-8-12(2)19-10-9-13(17-19)11-14(16-5)15(3,4)18(6)7/h9-10,12,14,16H,8,11H2,1-7H3. The van der Waals surface area contributed by atoms with Gasteiger partial charge >= 0.3 is 0 Å². The Kier molecular flexibility index (Phi) is 5.56. The van der Waals surface area contributed by atoms with Gasteiger partial charge in [-0.25, -0.2) is 0 Å². The van der Waals surface area contributed by atoms with Gasteiger partial charge in [-0.2, -0.15) is 5.10 Å². The SMILES string of the molecule is CCC(C)n1ccc(CC(NC)C(C)(C)N(C)C)n1. The minimum atomic E-state index is 0.0922. The lowest BCUT2D eigenvalue weighted by Crippen LogP contribution is -2.55. The molecule has 0 amide bonds. The summed E-state index contributed by atoms with van der Waals surface area (Å²) in [5.41, 5.74) is 1.25. The van der Waals surface area contributed by atoms with Crippen molar-refractivity contribution in [2.24, 2.45) is 0 Å². The summed E-state index contributed by atoms with van der Waals surface area (Å²) >= 11 is 0. The quantitative estimate of drug-likeness (QED) is 0.822. The van der Waals surface area contributed by atoms with Gasteiger partial charge in [-0.1, -0.05) is 6.92 Å². The van der Waals surface area contributed by atoms with Crippen LogP contribution >= 0.6 is 0 Å². The molecule has 2 unspecified atom stereocenters. The van der Waals surface area contributed by atoms with Crippen molar-refractivity contribution in [2.45, 2.75) is 58.2 Å². The normalized spacial score (nSPS) is 15.8. The first-order valence-electron chi connectivity index (χ1n) is 7.21. The summed E-state index contributed by atoms with van der Waals surface area (Å²) in [5.74, 6) is 0. The number of aromatic nitrogens is 2. The smallest absolute Gasteiger partial charge is 0.0640 e. The molecule has 1 aromatic rings. The molecule has 0 fully saturated rings. The lowest BCUT2D eigenvalue weighted by atomic mass is 9.90. The third-order valence-electron chi connectivity index (χ3n) is 4.47. The fraction of sp³-hybridized carbons (Fsp3) is 0.800. The zero-order valence-electron chi connectivity index (χ0n) is 13.6. The number of hydrogen-bond acceptors (Lipinski definition) is 3. The van der Waals surface area contributed by atoms with Gasteiger partial charge in [0.2, 0.25) is 0 Å². The van der Waals surface area contributed by atoms with E-state index in [1.54, 1.807) is 0 Å². The van der Waals surface area contributed by atoms with Crippen molar-refractivity contribution in [3.63, 3.8) is 0 Å². The van der Waals surface area contributed by atoms with E-state index < -0.39 is 0 Å². The van der Waals surface area contributed by atoms with E-state index >= 15 is 0 Å². The Hall–Kier alpha value is -0.870. The van der Waals surface area contributed by atoms with Crippen molar-refractivity contribution in [2.75, 3.05) is 21.1 Å². The van der Waals surface area contributed by atoms with Crippen LogP contribution in [0.1, 0.15) is 45.9 Å². The molecule has 0 saturated carbocycles. The summed E-state index contributed by atoms with van der Waals surface area (Å²) in [4.78, 5) is 2.26. The molecule has 19 heavy (non-hydrogen) atoms. The van der Waals surface area contributed by atoms with Crippen molar-refractivity contribution in [3.05, 3.63) is 18.0 Å². The minimum absolute atomic E-state index is 0.0922. The fourth-order valence-corrected chi connectivity index (χ4v) is 2.14. The maximum absolute atomic E-state index is 4.70. The molecule has 1 rings (SSSR count). The first-order valence-corrected chi connectivity index (χ1v) is 7.21. The van der Waals surface area contributed by atoms with E-state index in [0.29, 0.717) is 12.1 Å². The molecule has 1 heterocycles. The van der Waals surface area contributed by atoms with Crippen LogP contribution in [0.5, 0.6) is 0 Å². The average Bonchev–Trinajstić information content (AvgIpc) is 2.83. The monoisotopic (exact) mass is 266 g/mol. The van der Waals surface area contributed by atoms with E-state index in [9.17, 15) is 0 Å². The van der Waals surface area contributed by atoms with Crippen LogP contribution in [-0.2, 0) is 6.42 Å². The molecule has 0 aliphatic carbocycles. The predicted molar refractivity (Wildman–Crippen MR) is 81.5 cm³/mol. The Bertz CT molecular complexity index is 381. The van der Waals surface area contributed by atoms with Gasteiger partial charge < -0.3 is 10.2 Å². The highest BCUT2D eigenvalue weighted by Crippen LogP contribution is 2.19. The number of nitrogens with zero attached hydrogens (tertiary/aromatic N) is 3. The lowest BCUT2D eigenvalue weighted by molar-refractivity contribution is 0.141. The highest BCUT2D eigenvalue weighted by molar-refractivity contribution is 5.06. The van der Waals surface area contributed by atoms with Crippen molar-refractivity contribution < 1.29 is 0 Å². The molecule has 0 aliphatic rings. The van der Waals surface area contributed by atoms with E-state index in [2.05, 4.69) is 69.0 Å². The fourth-order valence-electron chi connectivity index (χ4n) is 2.14. The van der Waals surface area contributed by atoms with E-state index in [4.69, 9.17) is 5.10 Å². The van der Waals surface area contributed by atoms with Crippen LogP contribution < -0.4 is 5.32 Å². The first-order chi connectivity index (χ1) is 8.82. The molecule has 4 heteroatoms. The van der Waals surface area contributed by atoms with Crippen LogP contribution in [0.2, 0.25) is 0 Å². The number of hydrogen-bond donors (Lipinski definition) is 1. The maximum Gasteiger partial charge on any atom is 0.0640 e. The van der Waals surface area contributed by atoms with Gasteiger partial charge in [0.25, 0.3) is 0 Å². The summed E-state index contributed by atoms with van der Waals surface area (Å²) in [6, 6.07) is 2.99. The summed E-state index contributed by atoms with van der Waals surface area (Å²) in [6.45, 7) is 8.92. The summed E-state index contributed by atoms with van der Waals surface area (Å²) in [5, 5.41) is 8.13. The Labute approximate surface area is 118 Å². The van der Waals surface area contributed by atoms with Gasteiger partial charge in [0, 0.05) is 30.2 Å². The molecule has 1 N–H and O–H groups in total. The van der Waals surface area contributed by atoms with Crippen LogP contribution in [0, 0.1) is 0 Å². The minimum Gasteiger partial charge on any atom is -0.315 e. The average molecular weight is 266 g/mol. The molecule has 0 aliphatic heterocycles. The second-order valence-electron chi connectivity index (χ2n) is 6.14. The van der Waals surface area contributed by atoms with Crippen molar-refractivity contribution in [1.82, 2.24) is 20.0 Å². The zero-order chi connectivity index (χ0) is 14.6. The molecular formula is C15H30N4. The molecule has 0 radical (unpaired) electrons. The van der Waals surface area contributed by atoms with Crippen LogP contribution in [0.25, 0.3) is 0 Å². The largest absolute Gasteiger partial charge is 0.315 e. The third-order valence-corrected chi connectivity index (χ3v) is 4.47. The van der Waals surface area contributed by atoms with Gasteiger partial charge in [-0.3, -0.25) is 4.68 Å². The van der Waals surface area contributed by atoms with Crippen LogP contribution in [0.4, 0.5) is 0 Å². The zero-order valence-corrected chi connectivity index (χ0v) is 13.6. The summed E-state index contributed by atoms with van der Waals surface area (Å²) in [6.07, 6.45) is 4.16. The third kappa shape index (κ3) is 3.80. The summed E-state index contributed by atoms with van der Waals surface area (Å²) < 4.78 is 2.07. The van der Waals surface area contributed by atoms with E-state index in [1.165, 1.54) is 0 Å². The molecule has 110 valence electrons. The molecule has 0 spiro atoms. The predicted octanol–water partition coefficient (Wildman–Crippen LogP) is 2.32. The van der Waals surface area contributed by atoms with Gasteiger partial charge in [0.15, 0.2) is 0 Å². The van der Waals surface area contributed by atoms with Gasteiger partial charge in [0.1, 0.15) is 0 Å². The Morgan fingerprint density at radius 1 is 1.42 bits per heavy atom. The van der Waals surface area contributed by atoms with Gasteiger partial charge in [-0.15, -0.1) is 0 Å². The van der Waals surface area contributed by atoms with Gasteiger partial charge in [0.05, 0.1) is 5.69 Å². The maximum atomic E-state index is 4.70. The Balaban J connectivity index is 2.79. The molecule has 0 aromatic carbocycles. The molecule has 1 aromatic heterocycles. The molecule has 4 nitrogen and oxygen atoms in total. The van der Waals surface area contributed by atoms with Crippen LogP contribution in [-0.4, -0.2) is 47.4 Å². The highest BCUT2D eigenvalue weighted by atomic mass is 15.3. The second kappa shape index (κ2) is 6.53. The molecule has 0 bridgehead atoms.